The Bertz CT molecular complexity index is 515. The lowest BCUT2D eigenvalue weighted by molar-refractivity contribution is 0.00347. The smallest absolute Gasteiger partial charge is 0.255 e. The van der Waals surface area contributed by atoms with Crippen molar-refractivity contribution in [2.75, 3.05) is 19.7 Å². The van der Waals surface area contributed by atoms with Gasteiger partial charge in [-0.3, -0.25) is 4.79 Å². The molecule has 18 heavy (non-hydrogen) atoms. The molecule has 1 heterocycles. The van der Waals surface area contributed by atoms with E-state index in [9.17, 15) is 4.79 Å². The van der Waals surface area contributed by atoms with Gasteiger partial charge in [0.2, 0.25) is 0 Å². The fourth-order valence-corrected chi connectivity index (χ4v) is 2.50. The van der Waals surface area contributed by atoms with Crippen LogP contribution in [0.5, 0.6) is 0 Å². The lowest BCUT2D eigenvalue weighted by Gasteiger charge is -2.30. The average molecular weight is 330 g/mol. The van der Waals surface area contributed by atoms with Crippen LogP contribution in [0.4, 0.5) is 0 Å². The molecule has 94 valence electrons. The van der Waals surface area contributed by atoms with Gasteiger partial charge in [-0.05, 0) is 18.2 Å². The Morgan fingerprint density at radius 1 is 1.61 bits per heavy atom. The van der Waals surface area contributed by atoms with Crippen LogP contribution in [0.25, 0.3) is 0 Å². The SMILES string of the molecule is N#CC1CN(C(=O)c2ccc(Br)cc2Cl)CCO1. The maximum Gasteiger partial charge on any atom is 0.255 e. The minimum absolute atomic E-state index is 0.170. The Morgan fingerprint density at radius 3 is 3.06 bits per heavy atom. The fourth-order valence-electron chi connectivity index (χ4n) is 1.75. The van der Waals surface area contributed by atoms with Gasteiger partial charge in [0.05, 0.1) is 29.8 Å². The van der Waals surface area contributed by atoms with Crippen molar-refractivity contribution in [3.05, 3.63) is 33.3 Å². The number of hydrogen-bond acceptors (Lipinski definition) is 3. The van der Waals surface area contributed by atoms with E-state index in [1.807, 2.05) is 6.07 Å². The van der Waals surface area contributed by atoms with Crippen molar-refractivity contribution < 1.29 is 9.53 Å². The third kappa shape index (κ3) is 2.83. The van der Waals surface area contributed by atoms with Crippen LogP contribution in [0, 0.1) is 11.3 Å². The van der Waals surface area contributed by atoms with Gasteiger partial charge >= 0.3 is 0 Å². The third-order valence-electron chi connectivity index (χ3n) is 2.66. The highest BCUT2D eigenvalue weighted by atomic mass is 79.9. The molecule has 0 bridgehead atoms. The first-order valence-electron chi connectivity index (χ1n) is 5.37. The molecule has 6 heteroatoms. The summed E-state index contributed by atoms with van der Waals surface area (Å²) >= 11 is 9.33. The van der Waals surface area contributed by atoms with Crippen molar-refractivity contribution in [1.82, 2.24) is 4.90 Å². The second-order valence-corrected chi connectivity index (χ2v) is 5.19. The molecule has 0 spiro atoms. The molecule has 4 nitrogen and oxygen atoms in total. The lowest BCUT2D eigenvalue weighted by atomic mass is 10.1. The molecule has 0 saturated carbocycles. The number of carbonyl (C=O) groups is 1. The predicted molar refractivity (Wildman–Crippen MR) is 70.4 cm³/mol. The molecule has 1 aromatic carbocycles. The quantitative estimate of drug-likeness (QED) is 0.795. The predicted octanol–water partition coefficient (Wildman–Crippen LogP) is 2.47. The summed E-state index contributed by atoms with van der Waals surface area (Å²) in [6.45, 7) is 1.13. The van der Waals surface area contributed by atoms with Gasteiger partial charge < -0.3 is 9.64 Å². The van der Waals surface area contributed by atoms with E-state index in [-0.39, 0.29) is 12.5 Å². The monoisotopic (exact) mass is 328 g/mol. The Kier molecular flexibility index (Phi) is 4.23. The number of nitriles is 1. The van der Waals surface area contributed by atoms with E-state index in [4.69, 9.17) is 21.6 Å². The summed E-state index contributed by atoms with van der Waals surface area (Å²) in [6, 6.07) is 7.12. The number of benzene rings is 1. The number of carbonyl (C=O) groups excluding carboxylic acids is 1. The number of halogens is 2. The highest BCUT2D eigenvalue weighted by Gasteiger charge is 2.25. The second kappa shape index (κ2) is 5.70. The first kappa shape index (κ1) is 13.3. The van der Waals surface area contributed by atoms with Crippen LogP contribution >= 0.6 is 27.5 Å². The Labute approximate surface area is 118 Å². The second-order valence-electron chi connectivity index (χ2n) is 3.86. The van der Waals surface area contributed by atoms with Crippen LogP contribution in [-0.2, 0) is 4.74 Å². The first-order chi connectivity index (χ1) is 8.61. The molecule has 1 saturated heterocycles. The Hall–Kier alpha value is -1.09. The van der Waals surface area contributed by atoms with E-state index < -0.39 is 6.10 Å². The van der Waals surface area contributed by atoms with Crippen molar-refractivity contribution >= 4 is 33.4 Å². The van der Waals surface area contributed by atoms with Crippen molar-refractivity contribution in [2.24, 2.45) is 0 Å². The van der Waals surface area contributed by atoms with Gasteiger partial charge in [-0.1, -0.05) is 27.5 Å². The van der Waals surface area contributed by atoms with Gasteiger partial charge in [-0.2, -0.15) is 5.26 Å². The van der Waals surface area contributed by atoms with E-state index in [1.165, 1.54) is 0 Å². The first-order valence-corrected chi connectivity index (χ1v) is 6.54. The zero-order valence-electron chi connectivity index (χ0n) is 9.40. The molecular formula is C12H10BrClN2O2. The minimum Gasteiger partial charge on any atom is -0.360 e. The highest BCUT2D eigenvalue weighted by Crippen LogP contribution is 2.23. The van der Waals surface area contributed by atoms with Crippen molar-refractivity contribution in [1.29, 1.82) is 5.26 Å². The van der Waals surface area contributed by atoms with E-state index in [0.717, 1.165) is 4.47 Å². The summed E-state index contributed by atoms with van der Waals surface area (Å²) in [5.74, 6) is -0.170. The number of hydrogen-bond donors (Lipinski definition) is 0. The van der Waals surface area contributed by atoms with Crippen LogP contribution in [0.2, 0.25) is 5.02 Å². The summed E-state index contributed by atoms with van der Waals surface area (Å²) < 4.78 is 6.02. The third-order valence-corrected chi connectivity index (χ3v) is 3.47. The number of nitrogens with zero attached hydrogens (tertiary/aromatic N) is 2. The molecule has 1 aliphatic heterocycles. The van der Waals surface area contributed by atoms with E-state index in [0.29, 0.717) is 23.7 Å². The van der Waals surface area contributed by atoms with Crippen LogP contribution < -0.4 is 0 Å². The van der Waals surface area contributed by atoms with Gasteiger partial charge in [-0.15, -0.1) is 0 Å². The maximum absolute atomic E-state index is 12.3. The van der Waals surface area contributed by atoms with E-state index >= 15 is 0 Å². The molecule has 1 unspecified atom stereocenters. The van der Waals surface area contributed by atoms with Gasteiger partial charge in [0.25, 0.3) is 5.91 Å². The van der Waals surface area contributed by atoms with Crippen LogP contribution in [0.3, 0.4) is 0 Å². The Morgan fingerprint density at radius 2 is 2.39 bits per heavy atom. The largest absolute Gasteiger partial charge is 0.360 e. The average Bonchev–Trinajstić information content (AvgIpc) is 2.38. The summed E-state index contributed by atoms with van der Waals surface area (Å²) in [6.07, 6.45) is -0.558. The summed E-state index contributed by atoms with van der Waals surface area (Å²) in [5.41, 5.74) is 0.443. The van der Waals surface area contributed by atoms with Crippen LogP contribution in [-0.4, -0.2) is 36.6 Å². The molecular weight excluding hydrogens is 320 g/mol. The molecule has 0 radical (unpaired) electrons. The van der Waals surface area contributed by atoms with Crippen molar-refractivity contribution in [3.8, 4) is 6.07 Å². The number of amides is 1. The summed E-state index contributed by atoms with van der Waals surface area (Å²) in [5, 5.41) is 9.20. The number of ether oxygens (including phenoxy) is 1. The van der Waals surface area contributed by atoms with Gasteiger partial charge in [0, 0.05) is 11.0 Å². The molecule has 0 aromatic heterocycles. The molecule has 1 amide bonds. The normalized spacial score (nSPS) is 19.4. The lowest BCUT2D eigenvalue weighted by Crippen LogP contribution is -2.45. The zero-order chi connectivity index (χ0) is 13.1. The van der Waals surface area contributed by atoms with Crippen LogP contribution in [0.1, 0.15) is 10.4 Å². The highest BCUT2D eigenvalue weighted by molar-refractivity contribution is 9.10. The number of morpholine rings is 1. The zero-order valence-corrected chi connectivity index (χ0v) is 11.7. The number of rotatable bonds is 1. The van der Waals surface area contributed by atoms with Crippen LogP contribution in [0.15, 0.2) is 22.7 Å². The molecule has 1 fully saturated rings. The van der Waals surface area contributed by atoms with Gasteiger partial charge in [0.1, 0.15) is 0 Å². The molecule has 1 atom stereocenters. The molecule has 1 aliphatic rings. The van der Waals surface area contributed by atoms with Gasteiger partial charge in [0.15, 0.2) is 6.10 Å². The topological polar surface area (TPSA) is 53.3 Å². The van der Waals surface area contributed by atoms with Gasteiger partial charge in [-0.25, -0.2) is 0 Å². The molecule has 0 aliphatic carbocycles. The summed E-state index contributed by atoms with van der Waals surface area (Å²) in [7, 11) is 0. The van der Waals surface area contributed by atoms with E-state index in [2.05, 4.69) is 15.9 Å². The fraction of sp³-hybridized carbons (Fsp3) is 0.333. The Balaban J connectivity index is 2.18. The molecule has 0 N–H and O–H groups in total. The standard InChI is InChI=1S/C12H10BrClN2O2/c13-8-1-2-10(11(14)5-8)12(17)16-3-4-18-9(6-15)7-16/h1-2,5,9H,3-4,7H2. The minimum atomic E-state index is -0.558. The summed E-state index contributed by atoms with van der Waals surface area (Å²) in [4.78, 5) is 13.8. The van der Waals surface area contributed by atoms with Crippen molar-refractivity contribution in [3.63, 3.8) is 0 Å². The maximum atomic E-state index is 12.3. The van der Waals surface area contributed by atoms with E-state index in [1.54, 1.807) is 23.1 Å². The van der Waals surface area contributed by atoms with Crippen molar-refractivity contribution in [2.45, 2.75) is 6.10 Å². The molecule has 2 rings (SSSR count). The molecule has 1 aromatic rings.